The molecule has 1 aliphatic rings. The fourth-order valence-electron chi connectivity index (χ4n) is 3.77. The lowest BCUT2D eigenvalue weighted by Crippen LogP contribution is -2.35. The van der Waals surface area contributed by atoms with Gasteiger partial charge in [-0.2, -0.15) is 0 Å². The zero-order valence-electron chi connectivity index (χ0n) is 15.0. The number of nitrogens with one attached hydrogen (secondary N) is 1. The van der Waals surface area contributed by atoms with Crippen molar-refractivity contribution in [2.75, 3.05) is 25.1 Å². The second-order valence-electron chi connectivity index (χ2n) is 7.05. The third kappa shape index (κ3) is 2.70. The van der Waals surface area contributed by atoms with Crippen molar-refractivity contribution in [3.63, 3.8) is 0 Å². The summed E-state index contributed by atoms with van der Waals surface area (Å²) in [4.78, 5) is 12.1. The van der Waals surface area contributed by atoms with Crippen LogP contribution in [0.3, 0.4) is 0 Å². The van der Waals surface area contributed by atoms with Gasteiger partial charge in [0.2, 0.25) is 0 Å². The van der Waals surface area contributed by atoms with Crippen molar-refractivity contribution >= 4 is 16.7 Å². The third-order valence-corrected chi connectivity index (χ3v) is 5.46. The molecule has 0 bridgehead atoms. The van der Waals surface area contributed by atoms with Crippen molar-refractivity contribution < 1.29 is 9.13 Å². The van der Waals surface area contributed by atoms with E-state index in [2.05, 4.69) is 5.32 Å². The molecule has 1 atom stereocenters. The van der Waals surface area contributed by atoms with Gasteiger partial charge in [-0.25, -0.2) is 9.18 Å². The average molecular weight is 355 g/mol. The summed E-state index contributed by atoms with van der Waals surface area (Å²) >= 11 is 0. The molecule has 0 aliphatic carbocycles. The summed E-state index contributed by atoms with van der Waals surface area (Å²) in [6, 6.07) is 12.6. The monoisotopic (exact) mass is 355 g/mol. The summed E-state index contributed by atoms with van der Waals surface area (Å²) in [5, 5.41) is 3.49. The summed E-state index contributed by atoms with van der Waals surface area (Å²) in [6.45, 7) is 1.99. The fourth-order valence-corrected chi connectivity index (χ4v) is 3.77. The SMILES string of the molecule is Cn1c(=O)n(C)c2cc(NCC3(c4ccc(F)cc4)CCOC3)ccc21. The highest BCUT2D eigenvalue weighted by molar-refractivity contribution is 5.80. The highest BCUT2D eigenvalue weighted by Gasteiger charge is 2.36. The minimum absolute atomic E-state index is 0.0378. The molecule has 26 heavy (non-hydrogen) atoms. The Labute approximate surface area is 151 Å². The predicted molar refractivity (Wildman–Crippen MR) is 100 cm³/mol. The van der Waals surface area contributed by atoms with E-state index in [9.17, 15) is 9.18 Å². The number of hydrogen-bond acceptors (Lipinski definition) is 3. The van der Waals surface area contributed by atoms with Gasteiger partial charge in [0.25, 0.3) is 0 Å². The molecular formula is C20H22FN3O2. The van der Waals surface area contributed by atoms with Gasteiger partial charge in [0.15, 0.2) is 0 Å². The number of anilines is 1. The molecule has 2 heterocycles. The van der Waals surface area contributed by atoms with Crippen LogP contribution in [0.4, 0.5) is 10.1 Å². The van der Waals surface area contributed by atoms with Crippen LogP contribution < -0.4 is 11.0 Å². The molecule has 1 saturated heterocycles. The minimum Gasteiger partial charge on any atom is -0.384 e. The molecule has 4 rings (SSSR count). The first-order valence-electron chi connectivity index (χ1n) is 8.73. The maximum absolute atomic E-state index is 13.3. The normalized spacial score (nSPS) is 20.0. The van der Waals surface area contributed by atoms with E-state index in [1.807, 2.05) is 30.3 Å². The van der Waals surface area contributed by atoms with Gasteiger partial charge in [-0.05, 0) is 42.3 Å². The molecule has 1 N–H and O–H groups in total. The molecule has 1 aliphatic heterocycles. The first-order valence-corrected chi connectivity index (χ1v) is 8.73. The Kier molecular flexibility index (Phi) is 4.07. The Morgan fingerprint density at radius 2 is 1.85 bits per heavy atom. The Morgan fingerprint density at radius 3 is 2.54 bits per heavy atom. The van der Waals surface area contributed by atoms with E-state index in [0.717, 1.165) is 28.7 Å². The van der Waals surface area contributed by atoms with Gasteiger partial charge in [0, 0.05) is 38.3 Å². The van der Waals surface area contributed by atoms with Crippen LogP contribution >= 0.6 is 0 Å². The molecule has 1 aromatic heterocycles. The molecule has 0 amide bonds. The summed E-state index contributed by atoms with van der Waals surface area (Å²) in [5.41, 5.74) is 3.61. The van der Waals surface area contributed by atoms with Crippen LogP contribution in [-0.2, 0) is 24.2 Å². The van der Waals surface area contributed by atoms with Crippen LogP contribution in [0.2, 0.25) is 0 Å². The molecular weight excluding hydrogens is 333 g/mol. The molecule has 3 aromatic rings. The van der Waals surface area contributed by atoms with E-state index in [1.54, 1.807) is 23.2 Å². The van der Waals surface area contributed by atoms with Crippen LogP contribution in [0, 0.1) is 5.82 Å². The summed E-state index contributed by atoms with van der Waals surface area (Å²) in [5.74, 6) is -0.230. The zero-order valence-corrected chi connectivity index (χ0v) is 15.0. The van der Waals surface area contributed by atoms with Crippen molar-refractivity contribution in [3.8, 4) is 0 Å². The predicted octanol–water partition coefficient (Wildman–Crippen LogP) is 2.79. The van der Waals surface area contributed by atoms with Crippen molar-refractivity contribution in [2.45, 2.75) is 11.8 Å². The number of hydrogen-bond donors (Lipinski definition) is 1. The van der Waals surface area contributed by atoms with E-state index in [4.69, 9.17) is 4.74 Å². The Balaban J connectivity index is 1.62. The van der Waals surface area contributed by atoms with Crippen molar-refractivity contribution in [1.82, 2.24) is 9.13 Å². The number of fused-ring (bicyclic) bond motifs is 1. The second kappa shape index (κ2) is 6.29. The standard InChI is InChI=1S/C20H22FN3O2/c1-23-17-8-7-16(11-18(17)24(2)19(23)25)22-12-20(9-10-26-13-20)14-3-5-15(21)6-4-14/h3-8,11,22H,9-10,12-13H2,1-2H3. The molecule has 5 nitrogen and oxygen atoms in total. The van der Waals surface area contributed by atoms with E-state index in [-0.39, 0.29) is 16.9 Å². The number of halogens is 1. The second-order valence-corrected chi connectivity index (χ2v) is 7.05. The molecule has 0 saturated carbocycles. The largest absolute Gasteiger partial charge is 0.384 e. The first-order chi connectivity index (χ1) is 12.5. The van der Waals surface area contributed by atoms with E-state index >= 15 is 0 Å². The Hall–Kier alpha value is -2.60. The number of imidazole rings is 1. The quantitative estimate of drug-likeness (QED) is 0.783. The maximum Gasteiger partial charge on any atom is 0.328 e. The molecule has 6 heteroatoms. The molecule has 136 valence electrons. The van der Waals surface area contributed by atoms with Crippen LogP contribution in [0.25, 0.3) is 11.0 Å². The molecule has 1 fully saturated rings. The van der Waals surface area contributed by atoms with Crippen LogP contribution in [-0.4, -0.2) is 28.9 Å². The van der Waals surface area contributed by atoms with Crippen molar-refractivity contribution in [3.05, 3.63) is 64.3 Å². The van der Waals surface area contributed by atoms with E-state index < -0.39 is 0 Å². The van der Waals surface area contributed by atoms with Gasteiger partial charge >= 0.3 is 5.69 Å². The van der Waals surface area contributed by atoms with Crippen molar-refractivity contribution in [2.24, 2.45) is 14.1 Å². The number of rotatable bonds is 4. The van der Waals surface area contributed by atoms with Crippen LogP contribution in [0.5, 0.6) is 0 Å². The van der Waals surface area contributed by atoms with Gasteiger partial charge in [-0.1, -0.05) is 12.1 Å². The summed E-state index contributed by atoms with van der Waals surface area (Å²) < 4.78 is 22.2. The number of ether oxygens (including phenoxy) is 1. The lowest BCUT2D eigenvalue weighted by molar-refractivity contribution is 0.179. The Bertz CT molecular complexity index is 998. The fraction of sp³-hybridized carbons (Fsp3) is 0.350. The highest BCUT2D eigenvalue weighted by atomic mass is 19.1. The van der Waals surface area contributed by atoms with Crippen molar-refractivity contribution in [1.29, 1.82) is 0 Å². The highest BCUT2D eigenvalue weighted by Crippen LogP contribution is 2.34. The van der Waals surface area contributed by atoms with Gasteiger partial charge in [0.05, 0.1) is 17.6 Å². The number of aromatic nitrogens is 2. The first kappa shape index (κ1) is 16.8. The topological polar surface area (TPSA) is 48.2 Å². The van der Waals surface area contributed by atoms with Gasteiger partial charge in [-0.15, -0.1) is 0 Å². The zero-order chi connectivity index (χ0) is 18.3. The summed E-state index contributed by atoms with van der Waals surface area (Å²) in [6.07, 6.45) is 0.887. The molecule has 0 radical (unpaired) electrons. The van der Waals surface area contributed by atoms with Gasteiger partial charge in [0.1, 0.15) is 5.82 Å². The van der Waals surface area contributed by atoms with Crippen LogP contribution in [0.1, 0.15) is 12.0 Å². The smallest absolute Gasteiger partial charge is 0.328 e. The minimum atomic E-state index is -0.230. The number of nitrogens with zero attached hydrogens (tertiary/aromatic N) is 2. The average Bonchev–Trinajstić information content (AvgIpc) is 3.22. The van der Waals surface area contributed by atoms with Gasteiger partial charge < -0.3 is 10.1 Å². The molecule has 0 spiro atoms. The third-order valence-electron chi connectivity index (χ3n) is 5.46. The molecule has 1 unspecified atom stereocenters. The lowest BCUT2D eigenvalue weighted by Gasteiger charge is -2.29. The number of aryl methyl sites for hydroxylation is 2. The summed E-state index contributed by atoms with van der Waals surface area (Å²) in [7, 11) is 3.55. The van der Waals surface area contributed by atoms with E-state index in [1.165, 1.54) is 12.1 Å². The Morgan fingerprint density at radius 1 is 1.12 bits per heavy atom. The van der Waals surface area contributed by atoms with Crippen LogP contribution in [0.15, 0.2) is 47.3 Å². The number of benzene rings is 2. The van der Waals surface area contributed by atoms with Gasteiger partial charge in [-0.3, -0.25) is 9.13 Å². The molecule has 2 aromatic carbocycles. The maximum atomic E-state index is 13.3. The van der Waals surface area contributed by atoms with E-state index in [0.29, 0.717) is 19.8 Å². The lowest BCUT2D eigenvalue weighted by atomic mass is 9.79.